The van der Waals surface area contributed by atoms with Crippen molar-refractivity contribution in [2.24, 2.45) is 0 Å². The number of nitrogen functional groups attached to an aromatic ring is 1. The van der Waals surface area contributed by atoms with E-state index in [4.69, 9.17) is 26.2 Å². The van der Waals surface area contributed by atoms with Gasteiger partial charge in [-0.05, 0) is 24.3 Å². The van der Waals surface area contributed by atoms with Gasteiger partial charge in [-0.3, -0.25) is 0 Å². The number of phenols is 4. The standard InChI is InChI=1S/C6H7NO.C6H6O3/c7-5-1-3-6(8)4-2-5;7-4-1-5(8)3-6(9)2-4/h1-4,8H,7H2;1-3,7-9H. The molecule has 5 nitrogen and oxygen atoms in total. The van der Waals surface area contributed by atoms with Crippen molar-refractivity contribution in [3.05, 3.63) is 42.5 Å². The summed E-state index contributed by atoms with van der Waals surface area (Å²) in [6, 6.07) is 9.81. The van der Waals surface area contributed by atoms with Crippen LogP contribution >= 0.6 is 0 Å². The summed E-state index contributed by atoms with van der Waals surface area (Å²) in [7, 11) is 0. The van der Waals surface area contributed by atoms with Gasteiger partial charge in [-0.25, -0.2) is 0 Å². The van der Waals surface area contributed by atoms with Crippen molar-refractivity contribution in [3.63, 3.8) is 0 Å². The highest BCUT2D eigenvalue weighted by Gasteiger charge is 1.94. The van der Waals surface area contributed by atoms with E-state index in [1.165, 1.54) is 0 Å². The SMILES string of the molecule is Nc1ccc(O)cc1.Oc1cc(O)cc(O)c1. The van der Waals surface area contributed by atoms with Crippen LogP contribution in [0.4, 0.5) is 5.69 Å². The molecule has 2 aromatic carbocycles. The molecule has 0 bridgehead atoms. The lowest BCUT2D eigenvalue weighted by atomic mass is 10.3. The average Bonchev–Trinajstić information content (AvgIpc) is 2.21. The Morgan fingerprint density at radius 2 is 0.941 bits per heavy atom. The smallest absolute Gasteiger partial charge is 0.122 e. The van der Waals surface area contributed by atoms with Crippen molar-refractivity contribution in [3.8, 4) is 23.0 Å². The van der Waals surface area contributed by atoms with Crippen molar-refractivity contribution >= 4 is 5.69 Å². The molecule has 0 aliphatic heterocycles. The monoisotopic (exact) mass is 235 g/mol. The van der Waals surface area contributed by atoms with E-state index in [2.05, 4.69) is 0 Å². The van der Waals surface area contributed by atoms with Crippen molar-refractivity contribution < 1.29 is 20.4 Å². The minimum absolute atomic E-state index is 0.146. The van der Waals surface area contributed by atoms with E-state index in [1.54, 1.807) is 24.3 Å². The Morgan fingerprint density at radius 3 is 1.24 bits per heavy atom. The number of rotatable bonds is 0. The highest BCUT2D eigenvalue weighted by atomic mass is 16.3. The maximum Gasteiger partial charge on any atom is 0.122 e. The van der Waals surface area contributed by atoms with Crippen LogP contribution in [-0.4, -0.2) is 20.4 Å². The summed E-state index contributed by atoms with van der Waals surface area (Å²) < 4.78 is 0. The molecule has 0 saturated carbocycles. The number of benzene rings is 2. The molecular weight excluding hydrogens is 222 g/mol. The first-order valence-electron chi connectivity index (χ1n) is 4.74. The zero-order valence-electron chi connectivity index (χ0n) is 8.91. The average molecular weight is 235 g/mol. The Labute approximate surface area is 98.0 Å². The van der Waals surface area contributed by atoms with E-state index in [1.807, 2.05) is 0 Å². The molecule has 0 aromatic heterocycles. The van der Waals surface area contributed by atoms with Gasteiger partial charge >= 0.3 is 0 Å². The van der Waals surface area contributed by atoms with Crippen LogP contribution in [0.3, 0.4) is 0 Å². The first-order chi connectivity index (χ1) is 7.97. The molecule has 5 heteroatoms. The van der Waals surface area contributed by atoms with Gasteiger partial charge in [-0.2, -0.15) is 0 Å². The Bertz CT molecular complexity index is 411. The molecule has 17 heavy (non-hydrogen) atoms. The Hall–Kier alpha value is -2.56. The normalized spacial score (nSPS) is 9.18. The molecule has 0 atom stereocenters. The maximum absolute atomic E-state index is 8.70. The van der Waals surface area contributed by atoms with Gasteiger partial charge in [0.1, 0.15) is 23.0 Å². The molecule has 0 saturated heterocycles. The van der Waals surface area contributed by atoms with Gasteiger partial charge in [0.2, 0.25) is 0 Å². The number of aromatic hydroxyl groups is 4. The summed E-state index contributed by atoms with van der Waals surface area (Å²) in [6.45, 7) is 0. The quantitative estimate of drug-likeness (QED) is 0.353. The molecule has 0 aliphatic carbocycles. The van der Waals surface area contributed by atoms with E-state index in [9.17, 15) is 0 Å². The summed E-state index contributed by atoms with van der Waals surface area (Å²) in [5, 5.41) is 34.7. The summed E-state index contributed by atoms with van der Waals surface area (Å²) in [5.41, 5.74) is 5.98. The van der Waals surface area contributed by atoms with Gasteiger partial charge in [-0.15, -0.1) is 0 Å². The van der Waals surface area contributed by atoms with Gasteiger partial charge in [0.05, 0.1) is 0 Å². The van der Waals surface area contributed by atoms with Gasteiger partial charge in [-0.1, -0.05) is 0 Å². The fourth-order valence-corrected chi connectivity index (χ4v) is 1.05. The van der Waals surface area contributed by atoms with Gasteiger partial charge < -0.3 is 26.2 Å². The predicted octanol–water partition coefficient (Wildman–Crippen LogP) is 1.78. The summed E-state index contributed by atoms with van der Waals surface area (Å²) in [4.78, 5) is 0. The summed E-state index contributed by atoms with van der Waals surface area (Å²) in [6.07, 6.45) is 0. The van der Waals surface area contributed by atoms with Crippen molar-refractivity contribution in [1.82, 2.24) is 0 Å². The summed E-state index contributed by atoms with van der Waals surface area (Å²) in [5.74, 6) is -0.188. The van der Waals surface area contributed by atoms with E-state index < -0.39 is 0 Å². The number of hydrogen-bond acceptors (Lipinski definition) is 5. The second kappa shape index (κ2) is 5.50. The third-order valence-electron chi connectivity index (χ3n) is 1.78. The Morgan fingerprint density at radius 1 is 0.588 bits per heavy atom. The van der Waals surface area contributed by atoms with Crippen LogP contribution in [0.5, 0.6) is 23.0 Å². The van der Waals surface area contributed by atoms with Crippen LogP contribution in [0, 0.1) is 0 Å². The lowest BCUT2D eigenvalue weighted by molar-refractivity contribution is 0.428. The second-order valence-electron chi connectivity index (χ2n) is 3.30. The zero-order chi connectivity index (χ0) is 12.8. The first-order valence-corrected chi connectivity index (χ1v) is 4.74. The fraction of sp³-hybridized carbons (Fsp3) is 0. The lowest BCUT2D eigenvalue weighted by Gasteiger charge is -1.94. The van der Waals surface area contributed by atoms with E-state index >= 15 is 0 Å². The minimum atomic E-state index is -0.146. The van der Waals surface area contributed by atoms with Crippen LogP contribution in [0.1, 0.15) is 0 Å². The van der Waals surface area contributed by atoms with Crippen molar-refractivity contribution in [2.75, 3.05) is 5.73 Å². The molecule has 0 amide bonds. The zero-order valence-corrected chi connectivity index (χ0v) is 8.91. The maximum atomic E-state index is 8.70. The molecule has 0 spiro atoms. The van der Waals surface area contributed by atoms with Crippen LogP contribution in [0.2, 0.25) is 0 Å². The first kappa shape index (κ1) is 12.5. The van der Waals surface area contributed by atoms with Crippen LogP contribution in [0.15, 0.2) is 42.5 Å². The minimum Gasteiger partial charge on any atom is -0.508 e. The molecule has 0 unspecified atom stereocenters. The molecule has 0 aliphatic rings. The third-order valence-corrected chi connectivity index (χ3v) is 1.78. The molecule has 0 heterocycles. The third kappa shape index (κ3) is 4.65. The number of hydrogen-bond donors (Lipinski definition) is 5. The van der Waals surface area contributed by atoms with E-state index in [-0.39, 0.29) is 23.0 Å². The van der Waals surface area contributed by atoms with Gasteiger partial charge in [0.25, 0.3) is 0 Å². The largest absolute Gasteiger partial charge is 0.508 e. The van der Waals surface area contributed by atoms with E-state index in [0.717, 1.165) is 18.2 Å². The number of phenolic OH excluding ortho intramolecular Hbond substituents is 4. The molecule has 2 rings (SSSR count). The van der Waals surface area contributed by atoms with Gasteiger partial charge in [0.15, 0.2) is 0 Å². The molecule has 6 N–H and O–H groups in total. The number of anilines is 1. The Kier molecular flexibility index (Phi) is 4.05. The number of nitrogens with two attached hydrogens (primary N) is 1. The molecular formula is C12H13NO4. The fourth-order valence-electron chi connectivity index (χ4n) is 1.05. The lowest BCUT2D eigenvalue weighted by Crippen LogP contribution is -1.80. The summed E-state index contributed by atoms with van der Waals surface area (Å²) >= 11 is 0. The molecule has 0 radical (unpaired) electrons. The van der Waals surface area contributed by atoms with E-state index in [0.29, 0.717) is 5.69 Å². The molecule has 2 aromatic rings. The highest BCUT2D eigenvalue weighted by Crippen LogP contribution is 2.23. The topological polar surface area (TPSA) is 107 Å². The van der Waals surface area contributed by atoms with Crippen LogP contribution in [0.25, 0.3) is 0 Å². The van der Waals surface area contributed by atoms with Crippen LogP contribution in [-0.2, 0) is 0 Å². The van der Waals surface area contributed by atoms with Gasteiger partial charge in [0, 0.05) is 23.9 Å². The predicted molar refractivity (Wildman–Crippen MR) is 64.0 cm³/mol. The highest BCUT2D eigenvalue weighted by molar-refractivity contribution is 5.41. The van der Waals surface area contributed by atoms with Crippen molar-refractivity contribution in [2.45, 2.75) is 0 Å². The second-order valence-corrected chi connectivity index (χ2v) is 3.30. The van der Waals surface area contributed by atoms with Crippen LogP contribution < -0.4 is 5.73 Å². The Balaban J connectivity index is 0.000000171. The van der Waals surface area contributed by atoms with Crippen molar-refractivity contribution in [1.29, 1.82) is 0 Å². The molecule has 90 valence electrons. The molecule has 0 fully saturated rings.